The first-order valence-electron chi connectivity index (χ1n) is 11.0. The fourth-order valence-corrected chi connectivity index (χ4v) is 8.05. The molecule has 4 nitrogen and oxygen atoms in total. The molecule has 3 saturated carbocycles. The molecule has 0 unspecified atom stereocenters. The fourth-order valence-electron chi connectivity index (χ4n) is 8.05. The summed E-state index contributed by atoms with van der Waals surface area (Å²) in [4.78, 5) is 36.8. The fraction of sp³-hybridized carbons (Fsp3) is 0.792. The highest BCUT2D eigenvalue weighted by Gasteiger charge is 2.68. The van der Waals surface area contributed by atoms with Crippen LogP contribution in [-0.2, 0) is 19.1 Å². The van der Waals surface area contributed by atoms with Crippen molar-refractivity contribution in [2.24, 2.45) is 34.5 Å². The van der Waals surface area contributed by atoms with E-state index in [-0.39, 0.29) is 28.4 Å². The van der Waals surface area contributed by atoms with E-state index in [1.165, 1.54) is 12.5 Å². The number of hydrogen-bond donors (Lipinski definition) is 0. The molecular weight excluding hydrogens is 352 g/mol. The van der Waals surface area contributed by atoms with Gasteiger partial charge < -0.3 is 4.74 Å². The number of esters is 1. The topological polar surface area (TPSA) is 60.4 Å². The molecule has 0 aromatic carbocycles. The lowest BCUT2D eigenvalue weighted by Crippen LogP contribution is -2.59. The van der Waals surface area contributed by atoms with Crippen molar-refractivity contribution in [2.75, 3.05) is 0 Å². The van der Waals surface area contributed by atoms with E-state index >= 15 is 0 Å². The molecular formula is C24H34O4. The number of hydrogen-bond acceptors (Lipinski definition) is 4. The Morgan fingerprint density at radius 2 is 1.75 bits per heavy atom. The number of allylic oxidation sites excluding steroid dienone is 1. The van der Waals surface area contributed by atoms with Gasteiger partial charge in [0.15, 0.2) is 17.2 Å². The third kappa shape index (κ3) is 2.45. The standard InChI is InChI=1S/C24H34O4/c1-14-12-18-19(22(4)9-6-17(27)13-21(14)22)7-10-23(5)20(18)8-11-24(23,15(2)25)28-16(3)26/h13-14,18-20H,6-12H2,1-5H3/t14-,18+,19+,20-,22+,23-,24+/m0/s1. The predicted octanol–water partition coefficient (Wildman–Crippen LogP) is 4.66. The molecule has 4 heteroatoms. The van der Waals surface area contributed by atoms with E-state index in [2.05, 4.69) is 20.8 Å². The van der Waals surface area contributed by atoms with Gasteiger partial charge in [-0.2, -0.15) is 0 Å². The van der Waals surface area contributed by atoms with Crippen LogP contribution < -0.4 is 0 Å². The average molecular weight is 387 g/mol. The Bertz CT molecular complexity index is 767. The molecule has 0 radical (unpaired) electrons. The first kappa shape index (κ1) is 19.8. The Morgan fingerprint density at radius 3 is 2.39 bits per heavy atom. The summed E-state index contributed by atoms with van der Waals surface area (Å²) >= 11 is 0. The molecule has 0 N–H and O–H groups in total. The Hall–Kier alpha value is -1.45. The van der Waals surface area contributed by atoms with Crippen molar-refractivity contribution >= 4 is 17.5 Å². The van der Waals surface area contributed by atoms with Gasteiger partial charge in [0, 0.05) is 18.8 Å². The number of carbonyl (C=O) groups excluding carboxylic acids is 3. The van der Waals surface area contributed by atoms with Gasteiger partial charge in [-0.05, 0) is 80.6 Å². The SMILES string of the molecule is CC(=O)O[C@@]1(C(C)=O)CC[C@H]2[C@@H]3C[C@H](C)C4=CC(=O)CC[C@]4(C)[C@@H]3CC[C@@]21C. The molecule has 4 rings (SSSR count). The molecule has 0 aliphatic heterocycles. The third-order valence-corrected chi connectivity index (χ3v) is 9.29. The molecule has 0 aromatic heterocycles. The Balaban J connectivity index is 1.73. The Kier molecular flexibility index (Phi) is 4.45. The van der Waals surface area contributed by atoms with Crippen LogP contribution in [-0.4, -0.2) is 23.1 Å². The summed E-state index contributed by atoms with van der Waals surface area (Å²) < 4.78 is 5.84. The second kappa shape index (κ2) is 6.27. The number of Topliss-reactive ketones (excluding diaryl/α,β-unsaturated/α-hetero) is 1. The lowest BCUT2D eigenvalue weighted by Gasteiger charge is -2.60. The average Bonchev–Trinajstić information content (AvgIpc) is 2.90. The molecule has 0 amide bonds. The minimum Gasteiger partial charge on any atom is -0.451 e. The minimum absolute atomic E-state index is 0.00469. The largest absolute Gasteiger partial charge is 0.451 e. The number of carbonyl (C=O) groups is 3. The van der Waals surface area contributed by atoms with Crippen molar-refractivity contribution in [3.05, 3.63) is 11.6 Å². The molecule has 7 atom stereocenters. The third-order valence-electron chi connectivity index (χ3n) is 9.29. The van der Waals surface area contributed by atoms with E-state index in [1.807, 2.05) is 6.08 Å². The van der Waals surface area contributed by atoms with Gasteiger partial charge in [0.05, 0.1) is 0 Å². The second-order valence-corrected chi connectivity index (χ2v) is 10.5. The molecule has 0 spiro atoms. The maximum absolute atomic E-state index is 12.8. The Labute approximate surface area is 168 Å². The minimum atomic E-state index is -0.961. The predicted molar refractivity (Wildman–Crippen MR) is 106 cm³/mol. The highest BCUT2D eigenvalue weighted by molar-refractivity contribution is 5.92. The van der Waals surface area contributed by atoms with Crippen LogP contribution in [0.15, 0.2) is 11.6 Å². The molecule has 3 fully saturated rings. The zero-order valence-corrected chi connectivity index (χ0v) is 18.0. The molecule has 4 aliphatic rings. The molecule has 28 heavy (non-hydrogen) atoms. The zero-order valence-electron chi connectivity index (χ0n) is 18.0. The first-order valence-corrected chi connectivity index (χ1v) is 11.0. The quantitative estimate of drug-likeness (QED) is 0.648. The van der Waals surface area contributed by atoms with E-state index < -0.39 is 5.60 Å². The normalized spacial score (nSPS) is 47.5. The van der Waals surface area contributed by atoms with E-state index in [0.29, 0.717) is 36.5 Å². The van der Waals surface area contributed by atoms with Crippen LogP contribution in [0.1, 0.15) is 79.6 Å². The zero-order chi connectivity index (χ0) is 20.5. The summed E-state index contributed by atoms with van der Waals surface area (Å²) in [5.74, 6) is 1.82. The van der Waals surface area contributed by atoms with Crippen molar-refractivity contribution in [3.8, 4) is 0 Å². The van der Waals surface area contributed by atoms with Crippen LogP contribution >= 0.6 is 0 Å². The van der Waals surface area contributed by atoms with Gasteiger partial charge in [-0.1, -0.05) is 26.3 Å². The summed E-state index contributed by atoms with van der Waals surface area (Å²) in [6, 6.07) is 0. The highest BCUT2D eigenvalue weighted by Crippen LogP contribution is 2.69. The number of fused-ring (bicyclic) bond motifs is 5. The van der Waals surface area contributed by atoms with Crippen LogP contribution in [0.4, 0.5) is 0 Å². The summed E-state index contributed by atoms with van der Waals surface area (Å²) in [6.45, 7) is 9.87. The van der Waals surface area contributed by atoms with E-state index in [0.717, 1.165) is 32.1 Å². The van der Waals surface area contributed by atoms with Gasteiger partial charge in [0.1, 0.15) is 0 Å². The van der Waals surface area contributed by atoms with E-state index in [4.69, 9.17) is 4.74 Å². The molecule has 154 valence electrons. The number of ether oxygens (including phenoxy) is 1. The van der Waals surface area contributed by atoms with Crippen molar-refractivity contribution in [2.45, 2.75) is 85.2 Å². The summed E-state index contributed by atoms with van der Waals surface area (Å²) in [5.41, 5.74) is 0.218. The first-order chi connectivity index (χ1) is 13.0. The molecule has 0 saturated heterocycles. The molecule has 0 aromatic rings. The van der Waals surface area contributed by atoms with Crippen LogP contribution in [0.25, 0.3) is 0 Å². The highest BCUT2D eigenvalue weighted by atomic mass is 16.6. The summed E-state index contributed by atoms with van der Waals surface area (Å²) in [5, 5.41) is 0. The molecule has 0 heterocycles. The van der Waals surface area contributed by atoms with Crippen molar-refractivity contribution in [1.29, 1.82) is 0 Å². The second-order valence-electron chi connectivity index (χ2n) is 10.5. The molecule has 4 aliphatic carbocycles. The van der Waals surface area contributed by atoms with Gasteiger partial charge in [-0.3, -0.25) is 14.4 Å². The lowest BCUT2D eigenvalue weighted by atomic mass is 9.44. The monoisotopic (exact) mass is 386 g/mol. The van der Waals surface area contributed by atoms with Gasteiger partial charge in [0.25, 0.3) is 0 Å². The maximum atomic E-state index is 12.8. The van der Waals surface area contributed by atoms with E-state index in [1.54, 1.807) is 6.92 Å². The van der Waals surface area contributed by atoms with Crippen LogP contribution in [0.3, 0.4) is 0 Å². The number of ketones is 2. The smallest absolute Gasteiger partial charge is 0.303 e. The van der Waals surface area contributed by atoms with Gasteiger partial charge >= 0.3 is 5.97 Å². The maximum Gasteiger partial charge on any atom is 0.303 e. The van der Waals surface area contributed by atoms with Crippen molar-refractivity contribution in [1.82, 2.24) is 0 Å². The van der Waals surface area contributed by atoms with Crippen LogP contribution in [0, 0.1) is 34.5 Å². The van der Waals surface area contributed by atoms with Gasteiger partial charge in [-0.25, -0.2) is 0 Å². The Morgan fingerprint density at radius 1 is 1.07 bits per heavy atom. The number of rotatable bonds is 2. The van der Waals surface area contributed by atoms with E-state index in [9.17, 15) is 14.4 Å². The van der Waals surface area contributed by atoms with Gasteiger partial charge in [-0.15, -0.1) is 0 Å². The van der Waals surface area contributed by atoms with Crippen molar-refractivity contribution in [3.63, 3.8) is 0 Å². The summed E-state index contributed by atoms with van der Waals surface area (Å²) in [6.07, 6.45) is 8.19. The molecule has 0 bridgehead atoms. The van der Waals surface area contributed by atoms with Crippen LogP contribution in [0.2, 0.25) is 0 Å². The lowest BCUT2D eigenvalue weighted by molar-refractivity contribution is -0.187. The van der Waals surface area contributed by atoms with Crippen molar-refractivity contribution < 1.29 is 19.1 Å². The van der Waals surface area contributed by atoms with Crippen LogP contribution in [0.5, 0.6) is 0 Å². The summed E-state index contributed by atoms with van der Waals surface area (Å²) in [7, 11) is 0. The van der Waals surface area contributed by atoms with Gasteiger partial charge in [0.2, 0.25) is 0 Å².